The quantitative estimate of drug-likeness (QED) is 0.791. The van der Waals surface area contributed by atoms with Gasteiger partial charge >= 0.3 is 0 Å². The Balaban J connectivity index is 1.96. The number of aryl methyl sites for hydroxylation is 1. The minimum absolute atomic E-state index is 0.181. The normalized spacial score (nSPS) is 17.9. The van der Waals surface area contributed by atoms with E-state index >= 15 is 0 Å². The zero-order valence-electron chi connectivity index (χ0n) is 9.50. The third-order valence-electron chi connectivity index (χ3n) is 3.42. The van der Waals surface area contributed by atoms with Crippen LogP contribution in [-0.4, -0.2) is 12.4 Å². The summed E-state index contributed by atoms with van der Waals surface area (Å²) in [4.78, 5) is 0. The number of rotatable bonds is 4. The second kappa shape index (κ2) is 4.66. The molecule has 0 heterocycles. The first-order valence-electron chi connectivity index (χ1n) is 5.65. The van der Waals surface area contributed by atoms with Gasteiger partial charge in [-0.05, 0) is 49.3 Å². The highest BCUT2D eigenvalue weighted by atomic mass is 32.1. The van der Waals surface area contributed by atoms with Gasteiger partial charge in [-0.15, -0.1) is 0 Å². The Morgan fingerprint density at radius 3 is 2.69 bits per heavy atom. The van der Waals surface area contributed by atoms with Crippen molar-refractivity contribution in [2.24, 2.45) is 5.41 Å². The number of ether oxygens (including phenoxy) is 1. The molecule has 3 heteroatoms. The molecule has 0 radical (unpaired) electrons. The minimum Gasteiger partial charge on any atom is -0.493 e. The lowest BCUT2D eigenvalue weighted by Crippen LogP contribution is -2.37. The van der Waals surface area contributed by atoms with Crippen LogP contribution in [0.15, 0.2) is 18.2 Å². The average molecular weight is 240 g/mol. The van der Waals surface area contributed by atoms with Gasteiger partial charge in [0.05, 0.1) is 6.61 Å². The molecule has 0 saturated heterocycles. The standard InChI is InChI=1S/C13H17FOS/c1-10-7-11(3-4-12(10)14)15-8-13(9-16)5-2-6-13/h3-4,7,16H,2,5-6,8-9H2,1H3. The van der Waals surface area contributed by atoms with Crippen LogP contribution in [0.5, 0.6) is 5.75 Å². The summed E-state index contributed by atoms with van der Waals surface area (Å²) >= 11 is 4.38. The van der Waals surface area contributed by atoms with E-state index in [0.29, 0.717) is 12.2 Å². The first-order valence-corrected chi connectivity index (χ1v) is 6.28. The first-order chi connectivity index (χ1) is 7.65. The summed E-state index contributed by atoms with van der Waals surface area (Å²) in [6.45, 7) is 2.45. The zero-order valence-corrected chi connectivity index (χ0v) is 10.4. The lowest BCUT2D eigenvalue weighted by molar-refractivity contribution is 0.0829. The Morgan fingerprint density at radius 1 is 1.44 bits per heavy atom. The van der Waals surface area contributed by atoms with E-state index in [9.17, 15) is 4.39 Å². The van der Waals surface area contributed by atoms with Crippen molar-refractivity contribution < 1.29 is 9.13 Å². The molecule has 1 saturated carbocycles. The molecule has 0 N–H and O–H groups in total. The molecule has 1 aromatic carbocycles. The van der Waals surface area contributed by atoms with Crippen LogP contribution in [0.3, 0.4) is 0 Å². The van der Waals surface area contributed by atoms with Gasteiger partial charge in [-0.25, -0.2) is 4.39 Å². The molecule has 88 valence electrons. The molecule has 1 aliphatic carbocycles. The molecule has 1 aliphatic rings. The Labute approximate surface area is 101 Å². The van der Waals surface area contributed by atoms with Crippen molar-refractivity contribution in [3.05, 3.63) is 29.6 Å². The van der Waals surface area contributed by atoms with Crippen molar-refractivity contribution in [1.82, 2.24) is 0 Å². The maximum Gasteiger partial charge on any atom is 0.126 e. The van der Waals surface area contributed by atoms with Crippen LogP contribution in [-0.2, 0) is 0 Å². The highest BCUT2D eigenvalue weighted by molar-refractivity contribution is 7.80. The van der Waals surface area contributed by atoms with Crippen LogP contribution in [0.25, 0.3) is 0 Å². The molecule has 1 nitrogen and oxygen atoms in total. The largest absolute Gasteiger partial charge is 0.493 e. The van der Waals surface area contributed by atoms with Crippen LogP contribution in [0, 0.1) is 18.2 Å². The Kier molecular flexibility index (Phi) is 3.43. The smallest absolute Gasteiger partial charge is 0.126 e. The van der Waals surface area contributed by atoms with Crippen LogP contribution >= 0.6 is 12.6 Å². The first kappa shape index (κ1) is 11.8. The van der Waals surface area contributed by atoms with Crippen molar-refractivity contribution >= 4 is 12.6 Å². The summed E-state index contributed by atoms with van der Waals surface area (Å²) < 4.78 is 18.8. The monoisotopic (exact) mass is 240 g/mol. The Morgan fingerprint density at radius 2 is 2.19 bits per heavy atom. The summed E-state index contributed by atoms with van der Waals surface area (Å²) in [5.41, 5.74) is 0.886. The van der Waals surface area contributed by atoms with Gasteiger partial charge in [0.2, 0.25) is 0 Å². The average Bonchev–Trinajstić information content (AvgIpc) is 2.22. The molecule has 0 aliphatic heterocycles. The molecule has 0 aromatic heterocycles. The zero-order chi connectivity index (χ0) is 11.6. The summed E-state index contributed by atoms with van der Waals surface area (Å²) in [7, 11) is 0. The highest BCUT2D eigenvalue weighted by Crippen LogP contribution is 2.42. The van der Waals surface area contributed by atoms with Gasteiger partial charge < -0.3 is 4.74 Å². The lowest BCUT2D eigenvalue weighted by Gasteiger charge is -2.40. The summed E-state index contributed by atoms with van der Waals surface area (Å²) in [6.07, 6.45) is 3.65. The van der Waals surface area contributed by atoms with Crippen LogP contribution < -0.4 is 4.74 Å². The molecular weight excluding hydrogens is 223 g/mol. The predicted molar refractivity (Wildman–Crippen MR) is 66.8 cm³/mol. The number of thiol groups is 1. The van der Waals surface area contributed by atoms with E-state index < -0.39 is 0 Å². The molecular formula is C13H17FOS. The minimum atomic E-state index is -0.181. The number of benzene rings is 1. The fraction of sp³-hybridized carbons (Fsp3) is 0.538. The maximum absolute atomic E-state index is 13.0. The van der Waals surface area contributed by atoms with E-state index in [1.165, 1.54) is 25.3 Å². The molecule has 2 rings (SSSR count). The van der Waals surface area contributed by atoms with E-state index in [1.807, 2.05) is 0 Å². The van der Waals surface area contributed by atoms with Crippen molar-refractivity contribution in [3.63, 3.8) is 0 Å². The van der Waals surface area contributed by atoms with Crippen LogP contribution in [0.2, 0.25) is 0 Å². The molecule has 0 spiro atoms. The second-order valence-electron chi connectivity index (χ2n) is 4.71. The van der Waals surface area contributed by atoms with Crippen molar-refractivity contribution in [3.8, 4) is 5.75 Å². The van der Waals surface area contributed by atoms with Gasteiger partial charge in [0.25, 0.3) is 0 Å². The van der Waals surface area contributed by atoms with Gasteiger partial charge in [-0.3, -0.25) is 0 Å². The maximum atomic E-state index is 13.0. The molecule has 0 unspecified atom stereocenters. The molecule has 1 aromatic rings. The third-order valence-corrected chi connectivity index (χ3v) is 4.09. The Hall–Kier alpha value is -0.700. The number of halogens is 1. The van der Waals surface area contributed by atoms with Crippen molar-refractivity contribution in [1.29, 1.82) is 0 Å². The van der Waals surface area contributed by atoms with E-state index in [0.717, 1.165) is 11.5 Å². The molecule has 0 amide bonds. The fourth-order valence-electron chi connectivity index (χ4n) is 1.97. The number of hydrogen-bond donors (Lipinski definition) is 1. The van der Waals surface area contributed by atoms with E-state index in [-0.39, 0.29) is 11.2 Å². The van der Waals surface area contributed by atoms with Gasteiger partial charge in [0, 0.05) is 5.41 Å². The van der Waals surface area contributed by atoms with Crippen LogP contribution in [0.4, 0.5) is 4.39 Å². The van der Waals surface area contributed by atoms with Crippen molar-refractivity contribution in [2.45, 2.75) is 26.2 Å². The molecule has 0 atom stereocenters. The van der Waals surface area contributed by atoms with Gasteiger partial charge in [-0.2, -0.15) is 12.6 Å². The third kappa shape index (κ3) is 2.34. The summed E-state index contributed by atoms with van der Waals surface area (Å²) in [6, 6.07) is 4.90. The summed E-state index contributed by atoms with van der Waals surface area (Å²) in [5.74, 6) is 1.44. The van der Waals surface area contributed by atoms with Crippen molar-refractivity contribution in [2.75, 3.05) is 12.4 Å². The second-order valence-corrected chi connectivity index (χ2v) is 5.03. The molecule has 16 heavy (non-hydrogen) atoms. The van der Waals surface area contributed by atoms with E-state index in [4.69, 9.17) is 4.74 Å². The predicted octanol–water partition coefficient (Wildman–Crippen LogP) is 3.61. The van der Waals surface area contributed by atoms with Gasteiger partial charge in [-0.1, -0.05) is 6.42 Å². The molecule has 0 bridgehead atoms. The SMILES string of the molecule is Cc1cc(OCC2(CS)CCC2)ccc1F. The van der Waals surface area contributed by atoms with E-state index in [2.05, 4.69) is 12.6 Å². The Bertz CT molecular complexity index is 369. The van der Waals surface area contributed by atoms with Crippen LogP contribution in [0.1, 0.15) is 24.8 Å². The topological polar surface area (TPSA) is 9.23 Å². The van der Waals surface area contributed by atoms with Gasteiger partial charge in [0.15, 0.2) is 0 Å². The van der Waals surface area contributed by atoms with Gasteiger partial charge in [0.1, 0.15) is 11.6 Å². The molecule has 1 fully saturated rings. The highest BCUT2D eigenvalue weighted by Gasteiger charge is 2.36. The fourth-order valence-corrected chi connectivity index (χ4v) is 2.38. The lowest BCUT2D eigenvalue weighted by atomic mass is 9.71. The van der Waals surface area contributed by atoms with E-state index in [1.54, 1.807) is 19.1 Å². The summed E-state index contributed by atoms with van der Waals surface area (Å²) in [5, 5.41) is 0. The number of hydrogen-bond acceptors (Lipinski definition) is 2.